The number of nitrogens with zero attached hydrogens (tertiary/aromatic N) is 3. The Morgan fingerprint density at radius 1 is 1.40 bits per heavy atom. The van der Waals surface area contributed by atoms with Crippen LogP contribution in [0, 0.1) is 0 Å². The Balaban J connectivity index is 1.92. The minimum absolute atomic E-state index is 0.181. The van der Waals surface area contributed by atoms with E-state index in [1.54, 1.807) is 11.3 Å². The summed E-state index contributed by atoms with van der Waals surface area (Å²) in [7, 11) is 0. The summed E-state index contributed by atoms with van der Waals surface area (Å²) in [5.41, 5.74) is 0.480. The first-order valence-electron chi connectivity index (χ1n) is 7.90. The third-order valence-electron chi connectivity index (χ3n) is 3.81. The van der Waals surface area contributed by atoms with Gasteiger partial charge in [0.2, 0.25) is 6.17 Å². The van der Waals surface area contributed by atoms with Gasteiger partial charge in [0.15, 0.2) is 5.17 Å². The molecular weight excluding hydrogens is 404 g/mol. The van der Waals surface area contributed by atoms with E-state index in [-0.39, 0.29) is 5.91 Å². The molecule has 1 N–H and O–H groups in total. The maximum atomic E-state index is 12.8. The summed E-state index contributed by atoms with van der Waals surface area (Å²) in [5, 5.41) is 11.2. The number of hydrogen-bond donors (Lipinski definition) is 1. The Labute approximate surface area is 156 Å². The van der Waals surface area contributed by atoms with Gasteiger partial charge in [-0.05, 0) is 36.8 Å². The number of furan rings is 1. The smallest absolute Gasteiger partial charge is 0.276 e. The number of nitrogens with one attached hydrogen (secondary N) is 1. The average Bonchev–Trinajstić information content (AvgIpc) is 3.13. The summed E-state index contributed by atoms with van der Waals surface area (Å²) in [4.78, 5) is 17.6. The van der Waals surface area contributed by atoms with E-state index in [4.69, 9.17) is 9.41 Å². The lowest BCUT2D eigenvalue weighted by Crippen LogP contribution is -2.50. The predicted octanol–water partition coefficient (Wildman–Crippen LogP) is 2.33. The van der Waals surface area contributed by atoms with E-state index in [0.29, 0.717) is 16.6 Å². The normalized spacial score (nSPS) is 18.9. The largest absolute Gasteiger partial charge is 0.465 e. The zero-order valence-electron chi connectivity index (χ0n) is 13.4. The molecule has 2 aliphatic rings. The molecule has 6 nitrogen and oxygen atoms in total. The summed E-state index contributed by atoms with van der Waals surface area (Å²) in [6.45, 7) is 2.09. The summed E-state index contributed by atoms with van der Waals surface area (Å²) >= 11 is 4.99. The third kappa shape index (κ3) is 3.00. The molecule has 0 unspecified atom stereocenters. The van der Waals surface area contributed by atoms with Gasteiger partial charge in [-0.1, -0.05) is 34.6 Å². The minimum atomic E-state index is -0.498. The zero-order valence-corrected chi connectivity index (χ0v) is 15.8. The number of amides is 1. The van der Waals surface area contributed by atoms with Gasteiger partial charge in [-0.3, -0.25) is 10.1 Å². The molecule has 1 amide bonds. The first kappa shape index (κ1) is 16.4. The highest BCUT2D eigenvalue weighted by molar-refractivity contribution is 9.10. The van der Waals surface area contributed by atoms with Gasteiger partial charge < -0.3 is 4.42 Å². The summed E-state index contributed by atoms with van der Waals surface area (Å²) < 4.78 is 6.43. The van der Waals surface area contributed by atoms with Crippen LogP contribution in [0.25, 0.3) is 5.70 Å². The first-order chi connectivity index (χ1) is 12.2. The molecular formula is C17H15BrN4O2S. The molecule has 1 aromatic carbocycles. The number of hydrogen-bond acceptors (Lipinski definition) is 6. The maximum Gasteiger partial charge on any atom is 0.276 e. The molecule has 0 fully saturated rings. The van der Waals surface area contributed by atoms with Crippen LogP contribution >= 0.6 is 27.7 Å². The summed E-state index contributed by atoms with van der Waals surface area (Å²) in [6, 6.07) is 9.33. The minimum Gasteiger partial charge on any atom is -0.465 e. The van der Waals surface area contributed by atoms with Crippen molar-refractivity contribution < 1.29 is 9.21 Å². The topological polar surface area (TPSA) is 70.2 Å². The van der Waals surface area contributed by atoms with Crippen molar-refractivity contribution in [1.82, 2.24) is 10.3 Å². The van der Waals surface area contributed by atoms with Crippen molar-refractivity contribution in [3.8, 4) is 0 Å². The number of rotatable bonds is 3. The van der Waals surface area contributed by atoms with Gasteiger partial charge in [-0.2, -0.15) is 0 Å². The van der Waals surface area contributed by atoms with E-state index in [1.807, 2.05) is 30.3 Å². The van der Waals surface area contributed by atoms with Gasteiger partial charge >= 0.3 is 0 Å². The van der Waals surface area contributed by atoms with Crippen LogP contribution in [0.2, 0.25) is 0 Å². The van der Waals surface area contributed by atoms with Crippen molar-refractivity contribution in [1.29, 1.82) is 0 Å². The van der Waals surface area contributed by atoms with Crippen LogP contribution in [0.3, 0.4) is 0 Å². The van der Waals surface area contributed by atoms with E-state index in [1.165, 1.54) is 11.8 Å². The first-order valence-corrected chi connectivity index (χ1v) is 9.68. The summed E-state index contributed by atoms with van der Waals surface area (Å²) in [5.74, 6) is 1.34. The SMILES string of the molecule is CCCSC1=NN2C(=c3cc(Br)ccc3=N[C@@H]2c2ccco2)C(=O)N1. The number of halogens is 1. The second-order valence-electron chi connectivity index (χ2n) is 5.58. The predicted molar refractivity (Wildman–Crippen MR) is 99.9 cm³/mol. The van der Waals surface area contributed by atoms with Crippen LogP contribution in [0.4, 0.5) is 0 Å². The molecule has 25 heavy (non-hydrogen) atoms. The standard InChI is InChI=1S/C17H15BrN4O2S/c1-2-8-25-17-20-16(23)14-11-9-10(18)5-6-12(11)19-15(22(14)21-17)13-4-3-7-24-13/h3-7,9,15H,2,8H2,1H3,(H,20,21,23)/t15-/m0/s1. The fraction of sp³-hybridized carbons (Fsp3) is 0.235. The summed E-state index contributed by atoms with van der Waals surface area (Å²) in [6.07, 6.45) is 2.10. The van der Waals surface area contributed by atoms with Gasteiger partial charge in [0.05, 0.1) is 11.6 Å². The number of hydrazone groups is 1. The van der Waals surface area contributed by atoms with Crippen LogP contribution in [-0.4, -0.2) is 21.8 Å². The second kappa shape index (κ2) is 6.68. The van der Waals surface area contributed by atoms with Gasteiger partial charge in [0.1, 0.15) is 11.5 Å². The number of carbonyl (C=O) groups is 1. The molecule has 1 aromatic heterocycles. The number of thioether (sulfide) groups is 1. The number of carbonyl (C=O) groups excluding carboxylic acids is 1. The van der Waals surface area contributed by atoms with Crippen LogP contribution in [0.5, 0.6) is 0 Å². The second-order valence-corrected chi connectivity index (χ2v) is 7.58. The Morgan fingerprint density at radius 3 is 3.04 bits per heavy atom. The molecule has 128 valence electrons. The molecule has 0 radical (unpaired) electrons. The lowest BCUT2D eigenvalue weighted by molar-refractivity contribution is -0.116. The average molecular weight is 419 g/mol. The highest BCUT2D eigenvalue weighted by atomic mass is 79.9. The molecule has 2 aliphatic heterocycles. The highest BCUT2D eigenvalue weighted by Crippen LogP contribution is 2.31. The fourth-order valence-electron chi connectivity index (χ4n) is 2.74. The van der Waals surface area contributed by atoms with Gasteiger partial charge in [-0.25, -0.2) is 10.0 Å². The molecule has 4 rings (SSSR count). The van der Waals surface area contributed by atoms with Gasteiger partial charge in [0, 0.05) is 15.4 Å². The molecule has 0 saturated carbocycles. The Morgan fingerprint density at radius 2 is 2.28 bits per heavy atom. The maximum absolute atomic E-state index is 12.8. The highest BCUT2D eigenvalue weighted by Gasteiger charge is 2.35. The van der Waals surface area contributed by atoms with Crippen LogP contribution in [-0.2, 0) is 4.79 Å². The number of benzene rings is 1. The quantitative estimate of drug-likeness (QED) is 0.829. The Bertz CT molecular complexity index is 971. The van der Waals surface area contributed by atoms with Crippen LogP contribution in [0.1, 0.15) is 25.3 Å². The van der Waals surface area contributed by atoms with E-state index in [9.17, 15) is 4.79 Å². The molecule has 1 atom stereocenters. The monoisotopic (exact) mass is 418 g/mol. The van der Waals surface area contributed by atoms with E-state index in [0.717, 1.165) is 27.2 Å². The molecule has 3 heterocycles. The van der Waals surface area contributed by atoms with Crippen molar-refractivity contribution in [3.63, 3.8) is 0 Å². The van der Waals surface area contributed by atoms with Crippen molar-refractivity contribution in [2.45, 2.75) is 19.5 Å². The molecule has 0 spiro atoms. The van der Waals surface area contributed by atoms with Crippen molar-refractivity contribution in [2.75, 3.05) is 5.75 Å². The number of fused-ring (bicyclic) bond motifs is 2. The van der Waals surface area contributed by atoms with E-state index < -0.39 is 6.17 Å². The molecule has 0 aliphatic carbocycles. The molecule has 2 aromatic rings. The van der Waals surface area contributed by atoms with Crippen LogP contribution in [0.15, 0.2) is 55.6 Å². The van der Waals surface area contributed by atoms with Crippen molar-refractivity contribution >= 4 is 44.5 Å². The fourth-order valence-corrected chi connectivity index (χ4v) is 3.81. The molecule has 0 saturated heterocycles. The lowest BCUT2D eigenvalue weighted by Gasteiger charge is -2.32. The zero-order chi connectivity index (χ0) is 17.4. The van der Waals surface area contributed by atoms with Crippen molar-refractivity contribution in [2.24, 2.45) is 10.1 Å². The van der Waals surface area contributed by atoms with Gasteiger partial charge in [-0.15, -0.1) is 5.10 Å². The lowest BCUT2D eigenvalue weighted by atomic mass is 10.1. The Hall–Kier alpha value is -2.06. The number of amidine groups is 1. The van der Waals surface area contributed by atoms with E-state index >= 15 is 0 Å². The van der Waals surface area contributed by atoms with E-state index in [2.05, 4.69) is 33.3 Å². The van der Waals surface area contributed by atoms with Crippen molar-refractivity contribution in [3.05, 3.63) is 57.4 Å². The Kier molecular flexibility index (Phi) is 4.39. The van der Waals surface area contributed by atoms with Gasteiger partial charge in [0.25, 0.3) is 5.91 Å². The third-order valence-corrected chi connectivity index (χ3v) is 5.37. The molecule has 8 heteroatoms. The van der Waals surface area contributed by atoms with Crippen LogP contribution < -0.4 is 15.9 Å². The molecule has 0 bridgehead atoms.